The summed E-state index contributed by atoms with van der Waals surface area (Å²) in [6, 6.07) is 0. The number of hydrogen-bond donors (Lipinski definition) is 1. The molecule has 0 aliphatic heterocycles. The Balaban J connectivity index is 1.77. The SMILES string of the molecule is CC(C)c1nc(S(=O)(=O)NC(=O)C2C[C@H]3CC(=O)[C@@H]2C3)cn1C. The molecule has 23 heavy (non-hydrogen) atoms. The van der Waals surface area contributed by atoms with Crippen molar-refractivity contribution in [3.63, 3.8) is 0 Å². The van der Waals surface area contributed by atoms with Crippen LogP contribution in [0, 0.1) is 17.8 Å². The van der Waals surface area contributed by atoms with Crippen molar-refractivity contribution >= 4 is 21.7 Å². The minimum absolute atomic E-state index is 0.0721. The summed E-state index contributed by atoms with van der Waals surface area (Å²) in [6.07, 6.45) is 3.23. The van der Waals surface area contributed by atoms with Crippen molar-refractivity contribution in [1.29, 1.82) is 0 Å². The van der Waals surface area contributed by atoms with Gasteiger partial charge in [-0.15, -0.1) is 0 Å². The van der Waals surface area contributed by atoms with Crippen molar-refractivity contribution in [2.24, 2.45) is 24.8 Å². The van der Waals surface area contributed by atoms with Gasteiger partial charge in [-0.2, -0.15) is 8.42 Å². The number of carbonyl (C=O) groups excluding carboxylic acids is 2. The van der Waals surface area contributed by atoms with Gasteiger partial charge in [-0.25, -0.2) is 9.71 Å². The van der Waals surface area contributed by atoms with Crippen LogP contribution in [-0.2, 0) is 26.7 Å². The Morgan fingerprint density at radius 1 is 1.39 bits per heavy atom. The third kappa shape index (κ3) is 2.80. The highest BCUT2D eigenvalue weighted by molar-refractivity contribution is 7.90. The predicted molar refractivity (Wildman–Crippen MR) is 82.0 cm³/mol. The number of Topliss-reactive ketones (excluding diaryl/α,β-unsaturated/α-hetero) is 1. The molecule has 2 bridgehead atoms. The standard InChI is InChI=1S/C15H21N3O4S/c1-8(2)14-16-13(7-18(14)3)23(21,22)17-15(20)11-5-9-4-10(11)12(19)6-9/h7-11H,4-6H2,1-3H3,(H,17,20)/t9-,10+,11?/m0/s1. The zero-order valence-electron chi connectivity index (χ0n) is 13.4. The van der Waals surface area contributed by atoms with Crippen molar-refractivity contribution in [3.8, 4) is 0 Å². The number of carbonyl (C=O) groups is 2. The molecule has 7 nitrogen and oxygen atoms in total. The van der Waals surface area contributed by atoms with E-state index in [0.29, 0.717) is 25.1 Å². The fourth-order valence-corrected chi connectivity index (χ4v) is 4.80. The summed E-state index contributed by atoms with van der Waals surface area (Å²) in [4.78, 5) is 28.2. The molecule has 1 aromatic heterocycles. The van der Waals surface area contributed by atoms with Crippen LogP contribution in [0.1, 0.15) is 44.9 Å². The second kappa shape index (κ2) is 5.43. The average Bonchev–Trinajstić information content (AvgIpc) is 3.10. The molecule has 2 fully saturated rings. The maximum atomic E-state index is 12.4. The van der Waals surface area contributed by atoms with Crippen LogP contribution in [-0.4, -0.2) is 29.7 Å². The topological polar surface area (TPSA) is 98.1 Å². The van der Waals surface area contributed by atoms with Crippen LogP contribution >= 0.6 is 0 Å². The lowest BCUT2D eigenvalue weighted by Crippen LogP contribution is -2.39. The van der Waals surface area contributed by atoms with Crippen molar-refractivity contribution in [2.75, 3.05) is 0 Å². The first-order valence-corrected chi connectivity index (χ1v) is 9.30. The number of imidazole rings is 1. The van der Waals surface area contributed by atoms with Crippen molar-refractivity contribution in [1.82, 2.24) is 14.3 Å². The molecule has 8 heteroatoms. The molecule has 3 atom stereocenters. The van der Waals surface area contributed by atoms with Crippen molar-refractivity contribution in [3.05, 3.63) is 12.0 Å². The van der Waals surface area contributed by atoms with Crippen LogP contribution < -0.4 is 4.72 Å². The molecule has 1 unspecified atom stereocenters. The fourth-order valence-electron chi connectivity index (χ4n) is 3.77. The van der Waals surface area contributed by atoms with Crippen LogP contribution in [0.25, 0.3) is 0 Å². The first-order chi connectivity index (χ1) is 10.7. The van der Waals surface area contributed by atoms with Crippen molar-refractivity contribution in [2.45, 2.75) is 44.1 Å². The third-order valence-corrected chi connectivity index (χ3v) is 6.03. The number of sulfonamides is 1. The van der Waals surface area contributed by atoms with E-state index in [2.05, 4.69) is 9.71 Å². The molecule has 0 radical (unpaired) electrons. The summed E-state index contributed by atoms with van der Waals surface area (Å²) in [6.45, 7) is 3.83. The molecular weight excluding hydrogens is 318 g/mol. The first-order valence-electron chi connectivity index (χ1n) is 7.81. The summed E-state index contributed by atoms with van der Waals surface area (Å²) in [5.74, 6) is -0.403. The lowest BCUT2D eigenvalue weighted by Gasteiger charge is -2.19. The molecule has 126 valence electrons. The van der Waals surface area contributed by atoms with E-state index in [1.165, 1.54) is 6.20 Å². The highest BCUT2D eigenvalue weighted by atomic mass is 32.2. The Bertz CT molecular complexity index is 766. The lowest BCUT2D eigenvalue weighted by atomic mass is 9.87. The van der Waals surface area contributed by atoms with Crippen LogP contribution in [0.5, 0.6) is 0 Å². The number of rotatable bonds is 4. The Hall–Kier alpha value is -1.70. The summed E-state index contributed by atoms with van der Waals surface area (Å²) in [5.41, 5.74) is 0. The maximum Gasteiger partial charge on any atom is 0.283 e. The van der Waals surface area contributed by atoms with Gasteiger partial charge in [0.05, 0.1) is 0 Å². The van der Waals surface area contributed by atoms with Gasteiger partial charge in [0, 0.05) is 37.4 Å². The Labute approximate surface area is 135 Å². The monoisotopic (exact) mass is 339 g/mol. The molecule has 0 spiro atoms. The molecule has 2 saturated carbocycles. The first kappa shape index (κ1) is 16.2. The van der Waals surface area contributed by atoms with E-state index >= 15 is 0 Å². The van der Waals surface area contributed by atoms with E-state index in [1.807, 2.05) is 13.8 Å². The molecule has 1 amide bonds. The molecule has 2 aliphatic carbocycles. The van der Waals surface area contributed by atoms with E-state index in [1.54, 1.807) is 11.6 Å². The molecule has 1 N–H and O–H groups in total. The molecule has 3 rings (SSSR count). The Morgan fingerprint density at radius 2 is 2.09 bits per heavy atom. The van der Waals surface area contributed by atoms with Crippen LogP contribution in [0.2, 0.25) is 0 Å². The Kier molecular flexibility index (Phi) is 3.82. The quantitative estimate of drug-likeness (QED) is 0.881. The van der Waals surface area contributed by atoms with Gasteiger partial charge >= 0.3 is 0 Å². The van der Waals surface area contributed by atoms with Crippen LogP contribution in [0.15, 0.2) is 11.2 Å². The predicted octanol–water partition coefficient (Wildman–Crippen LogP) is 0.964. The number of fused-ring (bicyclic) bond motifs is 2. The summed E-state index contributed by atoms with van der Waals surface area (Å²) in [7, 11) is -2.29. The van der Waals surface area contributed by atoms with E-state index in [9.17, 15) is 18.0 Å². The molecule has 2 aliphatic rings. The number of amides is 1. The van der Waals surface area contributed by atoms with Gasteiger partial charge in [-0.3, -0.25) is 9.59 Å². The molecule has 0 aromatic carbocycles. The number of aryl methyl sites for hydroxylation is 1. The fraction of sp³-hybridized carbons (Fsp3) is 0.667. The second-order valence-electron chi connectivity index (χ2n) is 6.89. The lowest BCUT2D eigenvalue weighted by molar-refractivity contribution is -0.132. The normalized spacial score (nSPS) is 27.0. The number of ketones is 1. The van der Waals surface area contributed by atoms with E-state index in [0.717, 1.165) is 0 Å². The van der Waals surface area contributed by atoms with Crippen LogP contribution in [0.4, 0.5) is 0 Å². The van der Waals surface area contributed by atoms with Crippen LogP contribution in [0.3, 0.4) is 0 Å². The zero-order valence-corrected chi connectivity index (χ0v) is 14.3. The van der Waals surface area contributed by atoms with Gasteiger partial charge in [0.1, 0.15) is 11.6 Å². The van der Waals surface area contributed by atoms with Crippen molar-refractivity contribution < 1.29 is 18.0 Å². The van der Waals surface area contributed by atoms with Gasteiger partial charge in [0.2, 0.25) is 5.91 Å². The average molecular weight is 339 g/mol. The van der Waals surface area contributed by atoms with Gasteiger partial charge in [-0.05, 0) is 18.8 Å². The maximum absolute atomic E-state index is 12.4. The third-order valence-electron chi connectivity index (χ3n) is 4.82. The smallest absolute Gasteiger partial charge is 0.283 e. The van der Waals surface area contributed by atoms with Gasteiger partial charge in [0.15, 0.2) is 5.03 Å². The number of nitrogens with zero attached hydrogens (tertiary/aromatic N) is 2. The molecular formula is C15H21N3O4S. The number of nitrogens with one attached hydrogen (secondary N) is 1. The number of aromatic nitrogens is 2. The molecule has 1 aromatic rings. The Morgan fingerprint density at radius 3 is 2.61 bits per heavy atom. The number of hydrogen-bond acceptors (Lipinski definition) is 5. The van der Waals surface area contributed by atoms with E-state index in [4.69, 9.17) is 0 Å². The highest BCUT2D eigenvalue weighted by Gasteiger charge is 2.49. The minimum atomic E-state index is -4.01. The minimum Gasteiger partial charge on any atom is -0.336 e. The highest BCUT2D eigenvalue weighted by Crippen LogP contribution is 2.46. The van der Waals surface area contributed by atoms with Gasteiger partial charge < -0.3 is 4.57 Å². The largest absolute Gasteiger partial charge is 0.336 e. The van der Waals surface area contributed by atoms with Gasteiger partial charge in [0.25, 0.3) is 10.0 Å². The summed E-state index contributed by atoms with van der Waals surface area (Å²) >= 11 is 0. The van der Waals surface area contributed by atoms with E-state index < -0.39 is 21.8 Å². The summed E-state index contributed by atoms with van der Waals surface area (Å²) < 4.78 is 28.5. The molecule has 0 saturated heterocycles. The molecule has 1 heterocycles. The zero-order chi connectivity index (χ0) is 16.9. The second-order valence-corrected chi connectivity index (χ2v) is 8.52. The summed E-state index contributed by atoms with van der Waals surface area (Å²) in [5, 5.41) is -0.161. The van der Waals surface area contributed by atoms with E-state index in [-0.39, 0.29) is 28.6 Å². The van der Waals surface area contributed by atoms with Gasteiger partial charge in [-0.1, -0.05) is 13.8 Å².